The Labute approximate surface area is 122 Å². The van der Waals surface area contributed by atoms with E-state index in [4.69, 9.17) is 22.1 Å². The molecule has 0 bridgehead atoms. The highest BCUT2D eigenvalue weighted by molar-refractivity contribution is 6.35. The number of rotatable bonds is 3. The molecule has 2 N–H and O–H groups in total. The zero-order chi connectivity index (χ0) is 13.9. The van der Waals surface area contributed by atoms with Crippen LogP contribution < -0.4 is 10.5 Å². The highest BCUT2D eigenvalue weighted by Gasteiger charge is 2.05. The largest absolute Gasteiger partial charge is 0.488 e. The number of nitrogens with two attached hydrogens (primary N) is 1. The van der Waals surface area contributed by atoms with Crippen molar-refractivity contribution in [2.45, 2.75) is 6.61 Å². The first kappa shape index (κ1) is 12.8. The molecule has 0 aliphatic rings. The van der Waals surface area contributed by atoms with Crippen LogP contribution >= 0.6 is 11.6 Å². The molecule has 0 heterocycles. The first-order chi connectivity index (χ1) is 9.74. The van der Waals surface area contributed by atoms with E-state index in [1.54, 1.807) is 0 Å². The topological polar surface area (TPSA) is 35.2 Å². The van der Waals surface area contributed by atoms with Crippen molar-refractivity contribution in [1.29, 1.82) is 0 Å². The fraction of sp³-hybridized carbons (Fsp3) is 0.0588. The van der Waals surface area contributed by atoms with Gasteiger partial charge in [-0.05, 0) is 29.8 Å². The van der Waals surface area contributed by atoms with Crippen LogP contribution in [0.25, 0.3) is 10.8 Å². The van der Waals surface area contributed by atoms with Crippen molar-refractivity contribution >= 4 is 28.1 Å². The zero-order valence-electron chi connectivity index (χ0n) is 10.8. The fourth-order valence-electron chi connectivity index (χ4n) is 2.20. The van der Waals surface area contributed by atoms with Gasteiger partial charge in [0.05, 0.1) is 0 Å². The lowest BCUT2D eigenvalue weighted by atomic mass is 10.1. The van der Waals surface area contributed by atoms with Crippen LogP contribution in [0.5, 0.6) is 5.75 Å². The maximum Gasteiger partial charge on any atom is 0.127 e. The Morgan fingerprint density at radius 2 is 1.70 bits per heavy atom. The number of halogens is 1. The smallest absolute Gasteiger partial charge is 0.127 e. The molecule has 100 valence electrons. The van der Waals surface area contributed by atoms with E-state index in [9.17, 15) is 0 Å². The van der Waals surface area contributed by atoms with Crippen LogP contribution in [0.3, 0.4) is 0 Å². The molecule has 0 amide bonds. The van der Waals surface area contributed by atoms with Gasteiger partial charge in [-0.2, -0.15) is 0 Å². The third-order valence-electron chi connectivity index (χ3n) is 3.18. The second kappa shape index (κ2) is 5.43. The first-order valence-electron chi connectivity index (χ1n) is 6.38. The summed E-state index contributed by atoms with van der Waals surface area (Å²) in [5, 5.41) is 2.75. The van der Waals surface area contributed by atoms with E-state index in [-0.39, 0.29) is 0 Å². The number of hydrogen-bond donors (Lipinski definition) is 1. The third-order valence-corrected chi connectivity index (χ3v) is 3.51. The van der Waals surface area contributed by atoms with Gasteiger partial charge in [0.2, 0.25) is 0 Å². The van der Waals surface area contributed by atoms with Gasteiger partial charge in [-0.3, -0.25) is 0 Å². The molecule has 0 atom stereocenters. The van der Waals surface area contributed by atoms with Crippen molar-refractivity contribution in [3.8, 4) is 5.75 Å². The van der Waals surface area contributed by atoms with E-state index >= 15 is 0 Å². The molecule has 3 aromatic rings. The number of benzene rings is 3. The molecule has 0 aliphatic carbocycles. The van der Waals surface area contributed by atoms with Gasteiger partial charge < -0.3 is 10.5 Å². The van der Waals surface area contributed by atoms with Crippen molar-refractivity contribution in [1.82, 2.24) is 0 Å². The highest BCUT2D eigenvalue weighted by atomic mass is 35.5. The molecule has 20 heavy (non-hydrogen) atoms. The number of hydrogen-bond acceptors (Lipinski definition) is 2. The van der Waals surface area contributed by atoms with Crippen molar-refractivity contribution in [2.75, 3.05) is 5.73 Å². The summed E-state index contributed by atoms with van der Waals surface area (Å²) >= 11 is 6.19. The van der Waals surface area contributed by atoms with E-state index in [2.05, 4.69) is 0 Å². The molecule has 0 aromatic heterocycles. The van der Waals surface area contributed by atoms with Gasteiger partial charge in [-0.1, -0.05) is 48.0 Å². The van der Waals surface area contributed by atoms with Gasteiger partial charge in [0.25, 0.3) is 0 Å². The fourth-order valence-corrected chi connectivity index (χ4v) is 2.43. The minimum Gasteiger partial charge on any atom is -0.488 e. The molecular weight excluding hydrogens is 270 g/mol. The summed E-state index contributed by atoms with van der Waals surface area (Å²) in [7, 11) is 0. The van der Waals surface area contributed by atoms with E-state index in [0.29, 0.717) is 6.61 Å². The molecule has 0 saturated heterocycles. The Morgan fingerprint density at radius 3 is 2.50 bits per heavy atom. The minimum absolute atomic E-state index is 0.483. The third kappa shape index (κ3) is 2.56. The molecule has 0 fully saturated rings. The van der Waals surface area contributed by atoms with E-state index in [0.717, 1.165) is 32.8 Å². The Balaban J connectivity index is 1.90. The van der Waals surface area contributed by atoms with Crippen molar-refractivity contribution in [3.63, 3.8) is 0 Å². The molecule has 3 aromatic carbocycles. The summed E-state index contributed by atoms with van der Waals surface area (Å²) < 4.78 is 5.90. The summed E-state index contributed by atoms with van der Waals surface area (Å²) in [6.07, 6.45) is 0. The summed E-state index contributed by atoms with van der Waals surface area (Å²) in [5.41, 5.74) is 7.55. The maximum absolute atomic E-state index is 6.19. The molecule has 2 nitrogen and oxygen atoms in total. The van der Waals surface area contributed by atoms with Crippen LogP contribution in [0.4, 0.5) is 5.69 Å². The lowest BCUT2D eigenvalue weighted by Crippen LogP contribution is -1.97. The second-order valence-electron chi connectivity index (χ2n) is 4.62. The molecule has 0 aliphatic heterocycles. The average molecular weight is 284 g/mol. The summed E-state index contributed by atoms with van der Waals surface area (Å²) in [5.74, 6) is 0.826. The minimum atomic E-state index is 0.483. The molecule has 3 rings (SSSR count). The predicted molar refractivity (Wildman–Crippen MR) is 84.1 cm³/mol. The SMILES string of the molecule is Nc1cccc(COc2ccc(Cl)c3ccccc23)c1. The van der Waals surface area contributed by atoms with Crippen LogP contribution in [0.2, 0.25) is 5.02 Å². The van der Waals surface area contributed by atoms with Gasteiger partial charge >= 0.3 is 0 Å². The molecular formula is C17H14ClNO. The standard InChI is InChI=1S/C17H14ClNO/c18-16-8-9-17(15-7-2-1-6-14(15)16)20-11-12-4-3-5-13(19)10-12/h1-10H,11,19H2. The van der Waals surface area contributed by atoms with Gasteiger partial charge in [0.1, 0.15) is 12.4 Å². The highest BCUT2D eigenvalue weighted by Crippen LogP contribution is 2.31. The lowest BCUT2D eigenvalue weighted by molar-refractivity contribution is 0.310. The van der Waals surface area contributed by atoms with Crippen molar-refractivity contribution in [2.24, 2.45) is 0 Å². The predicted octanol–water partition coefficient (Wildman–Crippen LogP) is 4.65. The zero-order valence-corrected chi connectivity index (χ0v) is 11.6. The summed E-state index contributed by atoms with van der Waals surface area (Å²) in [6, 6.07) is 19.4. The van der Waals surface area contributed by atoms with Crippen LogP contribution in [0.1, 0.15) is 5.56 Å². The van der Waals surface area contributed by atoms with E-state index in [1.807, 2.05) is 60.7 Å². The molecule has 3 heteroatoms. The second-order valence-corrected chi connectivity index (χ2v) is 5.03. The molecule has 0 radical (unpaired) electrons. The van der Waals surface area contributed by atoms with Crippen LogP contribution in [0, 0.1) is 0 Å². The van der Waals surface area contributed by atoms with Gasteiger partial charge in [-0.15, -0.1) is 0 Å². The van der Waals surface area contributed by atoms with Crippen LogP contribution in [-0.4, -0.2) is 0 Å². The Hall–Kier alpha value is -2.19. The Bertz CT molecular complexity index is 755. The molecule has 0 spiro atoms. The van der Waals surface area contributed by atoms with Crippen LogP contribution in [0.15, 0.2) is 60.7 Å². The van der Waals surface area contributed by atoms with Gasteiger partial charge in [-0.25, -0.2) is 0 Å². The van der Waals surface area contributed by atoms with Crippen LogP contribution in [-0.2, 0) is 6.61 Å². The number of ether oxygens (including phenoxy) is 1. The number of anilines is 1. The Kier molecular flexibility index (Phi) is 3.48. The van der Waals surface area contributed by atoms with Gasteiger partial charge in [0.15, 0.2) is 0 Å². The van der Waals surface area contributed by atoms with E-state index < -0.39 is 0 Å². The molecule has 0 saturated carbocycles. The average Bonchev–Trinajstić information content (AvgIpc) is 2.47. The van der Waals surface area contributed by atoms with Crippen molar-refractivity contribution in [3.05, 3.63) is 71.2 Å². The Morgan fingerprint density at radius 1 is 0.900 bits per heavy atom. The first-order valence-corrected chi connectivity index (χ1v) is 6.76. The maximum atomic E-state index is 6.19. The monoisotopic (exact) mass is 283 g/mol. The lowest BCUT2D eigenvalue weighted by Gasteiger charge is -2.10. The van der Waals surface area contributed by atoms with Crippen molar-refractivity contribution < 1.29 is 4.74 Å². The number of fused-ring (bicyclic) bond motifs is 1. The quantitative estimate of drug-likeness (QED) is 0.710. The van der Waals surface area contributed by atoms with E-state index in [1.165, 1.54) is 0 Å². The summed E-state index contributed by atoms with van der Waals surface area (Å²) in [6.45, 7) is 0.483. The molecule has 0 unspecified atom stereocenters. The number of nitrogen functional groups attached to an aromatic ring is 1. The van der Waals surface area contributed by atoms with Gasteiger partial charge in [0, 0.05) is 21.5 Å². The summed E-state index contributed by atoms with van der Waals surface area (Å²) in [4.78, 5) is 0. The normalized spacial score (nSPS) is 10.7.